The fourth-order valence-corrected chi connectivity index (χ4v) is 2.54. The summed E-state index contributed by atoms with van der Waals surface area (Å²) in [5, 5.41) is 22.3. The average molecular weight is 287 g/mol. The molecule has 1 saturated heterocycles. The first-order valence-corrected chi connectivity index (χ1v) is 6.93. The number of nitrogens with zero attached hydrogens (tertiary/aromatic N) is 1. The number of rotatable bonds is 4. The zero-order chi connectivity index (χ0) is 15.2. The quantitative estimate of drug-likeness (QED) is 0.707. The largest absolute Gasteiger partial charge is 0.550 e. The summed E-state index contributed by atoms with van der Waals surface area (Å²) in [7, 11) is 0. The van der Waals surface area contributed by atoms with E-state index in [1.54, 1.807) is 24.3 Å². The molecular weight excluding hydrogens is 270 g/mol. The second kappa shape index (κ2) is 6.86. The third-order valence-corrected chi connectivity index (χ3v) is 3.71. The van der Waals surface area contributed by atoms with Gasteiger partial charge in [0.25, 0.3) is 5.91 Å². The predicted molar refractivity (Wildman–Crippen MR) is 73.1 cm³/mol. The first kappa shape index (κ1) is 15.0. The van der Waals surface area contributed by atoms with E-state index in [4.69, 9.17) is 5.26 Å². The molecule has 0 spiro atoms. The maximum atomic E-state index is 12.0. The van der Waals surface area contributed by atoms with Crippen molar-refractivity contribution in [3.8, 4) is 6.07 Å². The highest BCUT2D eigenvalue weighted by Gasteiger charge is 2.24. The van der Waals surface area contributed by atoms with Crippen molar-refractivity contribution >= 4 is 17.6 Å². The molecule has 21 heavy (non-hydrogen) atoms. The number of anilines is 1. The minimum absolute atomic E-state index is 0.132. The van der Waals surface area contributed by atoms with Gasteiger partial charge in [-0.2, -0.15) is 5.26 Å². The number of nitriles is 1. The molecule has 1 amide bonds. The Labute approximate surface area is 123 Å². The number of benzene rings is 1. The minimum Gasteiger partial charge on any atom is -0.550 e. The van der Waals surface area contributed by atoms with Crippen molar-refractivity contribution in [1.29, 1.82) is 5.26 Å². The van der Waals surface area contributed by atoms with E-state index in [1.807, 2.05) is 6.07 Å². The van der Waals surface area contributed by atoms with Gasteiger partial charge < -0.3 is 20.1 Å². The van der Waals surface area contributed by atoms with Gasteiger partial charge >= 0.3 is 0 Å². The number of hydrogen-bond donors (Lipinski definition) is 2. The Kier molecular flexibility index (Phi) is 4.90. The molecule has 0 aliphatic carbocycles. The second-order valence-electron chi connectivity index (χ2n) is 5.26. The first-order chi connectivity index (χ1) is 10.1. The topological polar surface area (TPSA) is 97.5 Å². The van der Waals surface area contributed by atoms with Crippen molar-refractivity contribution < 1.29 is 19.6 Å². The lowest BCUT2D eigenvalue weighted by atomic mass is 9.97. The molecule has 1 aromatic rings. The van der Waals surface area contributed by atoms with Crippen molar-refractivity contribution in [3.05, 3.63) is 29.8 Å². The summed E-state index contributed by atoms with van der Waals surface area (Å²) in [6.07, 6.45) is 1.10. The fraction of sp³-hybridized carbons (Fsp3) is 0.400. The Morgan fingerprint density at radius 3 is 2.71 bits per heavy atom. The van der Waals surface area contributed by atoms with Gasteiger partial charge in [0.1, 0.15) is 0 Å². The lowest BCUT2D eigenvalue weighted by Gasteiger charge is -2.29. The van der Waals surface area contributed by atoms with Crippen molar-refractivity contribution in [3.63, 3.8) is 0 Å². The number of hydrogen-bond acceptors (Lipinski definition) is 4. The summed E-state index contributed by atoms with van der Waals surface area (Å²) < 4.78 is 0. The Morgan fingerprint density at radius 1 is 1.38 bits per heavy atom. The van der Waals surface area contributed by atoms with Crippen LogP contribution in [0.15, 0.2) is 24.3 Å². The number of nitrogens with one attached hydrogen (secondary N) is 2. The molecule has 0 radical (unpaired) electrons. The predicted octanol–water partition coefficient (Wildman–Crippen LogP) is -1.46. The zero-order valence-corrected chi connectivity index (χ0v) is 11.6. The van der Waals surface area contributed by atoms with Crippen LogP contribution in [0, 0.1) is 17.2 Å². The molecule has 0 bridgehead atoms. The van der Waals surface area contributed by atoms with Gasteiger partial charge in [-0.15, -0.1) is 0 Å². The highest BCUT2D eigenvalue weighted by Crippen LogP contribution is 2.10. The standard InChI is InChI=1S/C15H17N3O3/c16-9-11-2-1-3-13(8-11)17-14(19)10-18-6-4-12(5-7-18)15(20)21/h1-3,8,12H,4-7,10H2,(H,17,19)(H,20,21). The van der Waals surface area contributed by atoms with E-state index in [9.17, 15) is 14.7 Å². The lowest BCUT2D eigenvalue weighted by molar-refractivity contribution is -0.897. The van der Waals surface area contributed by atoms with E-state index in [-0.39, 0.29) is 11.8 Å². The smallest absolute Gasteiger partial charge is 0.279 e. The highest BCUT2D eigenvalue weighted by atomic mass is 16.4. The van der Waals surface area contributed by atoms with Gasteiger partial charge in [0.2, 0.25) is 0 Å². The molecule has 2 N–H and O–H groups in total. The van der Waals surface area contributed by atoms with Gasteiger partial charge in [-0.25, -0.2) is 0 Å². The molecule has 6 nitrogen and oxygen atoms in total. The molecule has 0 saturated carbocycles. The number of carbonyl (C=O) groups is 2. The zero-order valence-electron chi connectivity index (χ0n) is 11.6. The lowest BCUT2D eigenvalue weighted by Crippen LogP contribution is -3.14. The number of piperidine rings is 1. The SMILES string of the molecule is N#Cc1cccc(NC(=O)C[NH+]2CCC(C(=O)[O-])CC2)c1. The van der Waals surface area contributed by atoms with E-state index in [0.29, 0.717) is 43.7 Å². The van der Waals surface area contributed by atoms with Gasteiger partial charge in [-0.3, -0.25) is 4.79 Å². The Bertz CT molecular complexity index is 572. The Hall–Kier alpha value is -2.39. The maximum Gasteiger partial charge on any atom is 0.279 e. The second-order valence-corrected chi connectivity index (χ2v) is 5.26. The van der Waals surface area contributed by atoms with Gasteiger partial charge in [0.15, 0.2) is 6.54 Å². The van der Waals surface area contributed by atoms with E-state index in [0.717, 1.165) is 4.90 Å². The summed E-state index contributed by atoms with van der Waals surface area (Å²) >= 11 is 0. The summed E-state index contributed by atoms with van der Waals surface area (Å²) in [5.41, 5.74) is 1.10. The molecule has 1 heterocycles. The number of carbonyl (C=O) groups excluding carboxylic acids is 2. The Morgan fingerprint density at radius 2 is 2.10 bits per heavy atom. The van der Waals surface area contributed by atoms with Gasteiger partial charge in [-0.1, -0.05) is 6.07 Å². The number of carboxylic acid groups (broad SMARTS) is 1. The van der Waals surface area contributed by atoms with Gasteiger partial charge in [-0.05, 0) is 18.2 Å². The normalized spacial score (nSPS) is 21.3. The molecule has 0 atom stereocenters. The molecule has 1 aliphatic heterocycles. The molecule has 1 aliphatic rings. The van der Waals surface area contributed by atoms with E-state index in [1.165, 1.54) is 0 Å². The Balaban J connectivity index is 1.83. The summed E-state index contributed by atoms with van der Waals surface area (Å²) in [4.78, 5) is 23.8. The third kappa shape index (κ3) is 4.29. The summed E-state index contributed by atoms with van der Waals surface area (Å²) in [6.45, 7) is 1.62. The van der Waals surface area contributed by atoms with E-state index < -0.39 is 5.97 Å². The van der Waals surface area contributed by atoms with Crippen molar-refractivity contribution in [1.82, 2.24) is 0 Å². The first-order valence-electron chi connectivity index (χ1n) is 6.93. The summed E-state index contributed by atoms with van der Waals surface area (Å²) in [5.74, 6) is -1.51. The third-order valence-electron chi connectivity index (χ3n) is 3.71. The number of aliphatic carboxylic acids is 1. The minimum atomic E-state index is -0.994. The molecule has 0 aromatic heterocycles. The fourth-order valence-electron chi connectivity index (χ4n) is 2.54. The molecule has 1 aromatic carbocycles. The number of likely N-dealkylation sites (tertiary alicyclic amines) is 1. The molecule has 1 fully saturated rings. The van der Waals surface area contributed by atoms with Crippen LogP contribution in [0.5, 0.6) is 0 Å². The molecule has 2 rings (SSSR count). The van der Waals surface area contributed by atoms with Crippen molar-refractivity contribution in [2.24, 2.45) is 5.92 Å². The van der Waals surface area contributed by atoms with Crippen molar-refractivity contribution in [2.75, 3.05) is 25.0 Å². The van der Waals surface area contributed by atoms with Gasteiger partial charge in [0.05, 0.1) is 24.7 Å². The van der Waals surface area contributed by atoms with Crippen LogP contribution >= 0.6 is 0 Å². The molecule has 110 valence electrons. The van der Waals surface area contributed by atoms with Crippen LogP contribution in [0.4, 0.5) is 5.69 Å². The summed E-state index contributed by atoms with van der Waals surface area (Å²) in [6, 6.07) is 8.76. The van der Waals surface area contributed by atoms with Crippen LogP contribution in [-0.2, 0) is 9.59 Å². The van der Waals surface area contributed by atoms with Crippen LogP contribution in [0.2, 0.25) is 0 Å². The van der Waals surface area contributed by atoms with Crippen LogP contribution in [0.25, 0.3) is 0 Å². The number of amides is 1. The molecule has 0 unspecified atom stereocenters. The highest BCUT2D eigenvalue weighted by molar-refractivity contribution is 5.91. The number of carboxylic acids is 1. The van der Waals surface area contributed by atoms with E-state index >= 15 is 0 Å². The average Bonchev–Trinajstić information content (AvgIpc) is 2.47. The van der Waals surface area contributed by atoms with Gasteiger partial charge in [0, 0.05) is 30.4 Å². The number of quaternary nitrogens is 1. The molecule has 6 heteroatoms. The van der Waals surface area contributed by atoms with Crippen LogP contribution < -0.4 is 15.3 Å². The molecular formula is C15H17N3O3. The van der Waals surface area contributed by atoms with E-state index in [2.05, 4.69) is 5.32 Å². The van der Waals surface area contributed by atoms with Crippen LogP contribution in [-0.4, -0.2) is 31.5 Å². The monoisotopic (exact) mass is 287 g/mol. The van der Waals surface area contributed by atoms with Crippen LogP contribution in [0.3, 0.4) is 0 Å². The van der Waals surface area contributed by atoms with Crippen molar-refractivity contribution in [2.45, 2.75) is 12.8 Å². The maximum absolute atomic E-state index is 12.0. The van der Waals surface area contributed by atoms with Crippen LogP contribution in [0.1, 0.15) is 18.4 Å².